The predicted octanol–water partition coefficient (Wildman–Crippen LogP) is 4.99. The van der Waals surface area contributed by atoms with Crippen molar-refractivity contribution in [1.82, 2.24) is 5.32 Å². The molecule has 1 unspecified atom stereocenters. The largest absolute Gasteiger partial charge is 0.313 e. The van der Waals surface area contributed by atoms with E-state index in [2.05, 4.69) is 37.2 Å². The van der Waals surface area contributed by atoms with Gasteiger partial charge in [-0.1, -0.05) is 37.9 Å². The number of benzene rings is 2. The predicted molar refractivity (Wildman–Crippen MR) is 83.7 cm³/mol. The molecule has 0 saturated carbocycles. The molecule has 0 amide bonds. The third-order valence-corrected chi connectivity index (χ3v) is 4.21. The third kappa shape index (κ3) is 3.65. The molecule has 106 valence electrons. The van der Waals surface area contributed by atoms with Gasteiger partial charge in [-0.2, -0.15) is 0 Å². The number of hydrogen-bond acceptors (Lipinski definition) is 1. The average Bonchev–Trinajstić information content (AvgIpc) is 2.36. The highest BCUT2D eigenvalue weighted by Crippen LogP contribution is 2.29. The molecule has 2 aromatic rings. The van der Waals surface area contributed by atoms with E-state index in [1.165, 1.54) is 18.2 Å². The van der Waals surface area contributed by atoms with Crippen molar-refractivity contribution in [3.05, 3.63) is 68.1 Å². The van der Waals surface area contributed by atoms with E-state index >= 15 is 0 Å². The van der Waals surface area contributed by atoms with Gasteiger partial charge in [0.15, 0.2) is 0 Å². The van der Waals surface area contributed by atoms with Crippen molar-refractivity contribution in [2.45, 2.75) is 12.5 Å². The lowest BCUT2D eigenvalue weighted by atomic mass is 9.98. The molecule has 0 saturated heterocycles. The van der Waals surface area contributed by atoms with Crippen molar-refractivity contribution in [2.75, 3.05) is 7.05 Å². The summed E-state index contributed by atoms with van der Waals surface area (Å²) >= 11 is 6.63. The van der Waals surface area contributed by atoms with Crippen LogP contribution in [0.25, 0.3) is 0 Å². The Morgan fingerprint density at radius 1 is 1.15 bits per heavy atom. The highest BCUT2D eigenvalue weighted by Gasteiger charge is 2.18. The number of halogens is 4. The van der Waals surface area contributed by atoms with Gasteiger partial charge in [-0.3, -0.25) is 0 Å². The normalized spacial score (nSPS) is 12.4. The Hall–Kier alpha value is -0.780. The standard InChI is InChI=1S/C15H13Br2F2N/c1-20-14(15-12(17)3-2-4-13(15)19)7-9-5-10(16)8-11(18)6-9/h2-6,8,14,20H,7H2,1H3. The Balaban J connectivity index is 2.34. The molecule has 0 heterocycles. The zero-order valence-corrected chi connectivity index (χ0v) is 13.9. The van der Waals surface area contributed by atoms with Crippen molar-refractivity contribution in [3.63, 3.8) is 0 Å². The van der Waals surface area contributed by atoms with Crippen LogP contribution < -0.4 is 5.32 Å². The Morgan fingerprint density at radius 3 is 2.50 bits per heavy atom. The van der Waals surface area contributed by atoms with Gasteiger partial charge in [0.05, 0.1) is 0 Å². The lowest BCUT2D eigenvalue weighted by Gasteiger charge is -2.19. The molecular formula is C15H13Br2F2N. The molecule has 0 bridgehead atoms. The highest BCUT2D eigenvalue weighted by atomic mass is 79.9. The van der Waals surface area contributed by atoms with Gasteiger partial charge >= 0.3 is 0 Å². The fourth-order valence-corrected chi connectivity index (χ4v) is 3.29. The van der Waals surface area contributed by atoms with Gasteiger partial charge in [-0.15, -0.1) is 0 Å². The van der Waals surface area contributed by atoms with Crippen LogP contribution in [0.5, 0.6) is 0 Å². The number of hydrogen-bond donors (Lipinski definition) is 1. The summed E-state index contributed by atoms with van der Waals surface area (Å²) in [5.74, 6) is -0.592. The second-order valence-corrected chi connectivity index (χ2v) is 6.23. The minimum Gasteiger partial charge on any atom is -0.313 e. The van der Waals surface area contributed by atoms with E-state index in [0.29, 0.717) is 20.9 Å². The molecule has 5 heteroatoms. The molecule has 0 aliphatic carbocycles. The Labute approximate surface area is 133 Å². The summed E-state index contributed by atoms with van der Waals surface area (Å²) in [6, 6.07) is 9.33. The Kier molecular flexibility index (Phi) is 5.29. The van der Waals surface area contributed by atoms with Gasteiger partial charge in [0.25, 0.3) is 0 Å². The smallest absolute Gasteiger partial charge is 0.129 e. The van der Waals surface area contributed by atoms with E-state index in [9.17, 15) is 8.78 Å². The van der Waals surface area contributed by atoms with E-state index < -0.39 is 0 Å². The van der Waals surface area contributed by atoms with Crippen LogP contribution in [0.1, 0.15) is 17.2 Å². The van der Waals surface area contributed by atoms with Crippen LogP contribution in [-0.2, 0) is 6.42 Å². The minimum atomic E-state index is -0.308. The molecule has 2 rings (SSSR count). The Bertz CT molecular complexity index is 576. The second-order valence-electron chi connectivity index (χ2n) is 4.46. The maximum atomic E-state index is 14.0. The third-order valence-electron chi connectivity index (χ3n) is 3.06. The topological polar surface area (TPSA) is 12.0 Å². The lowest BCUT2D eigenvalue weighted by molar-refractivity contribution is 0.529. The van der Waals surface area contributed by atoms with E-state index in [1.807, 2.05) is 6.07 Å². The second kappa shape index (κ2) is 6.78. The lowest BCUT2D eigenvalue weighted by Crippen LogP contribution is -2.20. The molecule has 0 spiro atoms. The van der Waals surface area contributed by atoms with Crippen molar-refractivity contribution in [1.29, 1.82) is 0 Å². The molecule has 2 aromatic carbocycles. The summed E-state index contributed by atoms with van der Waals surface area (Å²) in [7, 11) is 1.76. The summed E-state index contributed by atoms with van der Waals surface area (Å²) < 4.78 is 28.8. The number of likely N-dealkylation sites (N-methyl/N-ethyl adjacent to an activating group) is 1. The van der Waals surface area contributed by atoms with Crippen molar-refractivity contribution in [3.8, 4) is 0 Å². The first-order chi connectivity index (χ1) is 9.51. The molecule has 1 atom stereocenters. The zero-order valence-electron chi connectivity index (χ0n) is 10.8. The fourth-order valence-electron chi connectivity index (χ4n) is 2.16. The molecule has 20 heavy (non-hydrogen) atoms. The summed E-state index contributed by atoms with van der Waals surface area (Å²) in [5, 5.41) is 3.08. The van der Waals surface area contributed by atoms with Crippen molar-refractivity contribution < 1.29 is 8.78 Å². The Morgan fingerprint density at radius 2 is 1.90 bits per heavy atom. The molecular weight excluding hydrogens is 392 g/mol. The van der Waals surface area contributed by atoms with Crippen LogP contribution in [0.15, 0.2) is 45.3 Å². The first-order valence-electron chi connectivity index (χ1n) is 6.07. The zero-order chi connectivity index (χ0) is 14.7. The van der Waals surface area contributed by atoms with E-state index in [4.69, 9.17) is 0 Å². The molecule has 0 radical (unpaired) electrons. The highest BCUT2D eigenvalue weighted by molar-refractivity contribution is 9.10. The van der Waals surface area contributed by atoms with Gasteiger partial charge in [-0.25, -0.2) is 8.78 Å². The number of nitrogens with one attached hydrogen (secondary N) is 1. The van der Waals surface area contributed by atoms with E-state index in [0.717, 1.165) is 5.56 Å². The molecule has 1 nitrogen and oxygen atoms in total. The monoisotopic (exact) mass is 403 g/mol. The van der Waals surface area contributed by atoms with Crippen LogP contribution in [0.2, 0.25) is 0 Å². The maximum absolute atomic E-state index is 14.0. The van der Waals surface area contributed by atoms with Gasteiger partial charge < -0.3 is 5.32 Å². The quantitative estimate of drug-likeness (QED) is 0.756. The molecule has 0 aromatic heterocycles. The van der Waals surface area contributed by atoms with Crippen LogP contribution in [0, 0.1) is 11.6 Å². The van der Waals surface area contributed by atoms with Gasteiger partial charge in [-0.05, 0) is 49.4 Å². The van der Waals surface area contributed by atoms with Gasteiger partial charge in [0, 0.05) is 20.6 Å². The van der Waals surface area contributed by atoms with Crippen molar-refractivity contribution >= 4 is 31.9 Å². The van der Waals surface area contributed by atoms with Crippen LogP contribution >= 0.6 is 31.9 Å². The SMILES string of the molecule is CNC(Cc1cc(F)cc(Br)c1)c1c(F)cccc1Br. The van der Waals surface area contributed by atoms with Gasteiger partial charge in [0.1, 0.15) is 11.6 Å². The van der Waals surface area contributed by atoms with Crippen LogP contribution in [0.4, 0.5) is 8.78 Å². The van der Waals surface area contributed by atoms with Crippen molar-refractivity contribution in [2.24, 2.45) is 0 Å². The fraction of sp³-hybridized carbons (Fsp3) is 0.200. The molecule has 1 N–H and O–H groups in total. The van der Waals surface area contributed by atoms with Gasteiger partial charge in [0.2, 0.25) is 0 Å². The summed E-state index contributed by atoms with van der Waals surface area (Å²) in [6.07, 6.45) is 0.492. The first kappa shape index (κ1) is 15.6. The summed E-state index contributed by atoms with van der Waals surface area (Å²) in [4.78, 5) is 0. The van der Waals surface area contributed by atoms with Crippen LogP contribution in [-0.4, -0.2) is 7.05 Å². The number of rotatable bonds is 4. The first-order valence-corrected chi connectivity index (χ1v) is 7.66. The summed E-state index contributed by atoms with van der Waals surface area (Å²) in [6.45, 7) is 0. The van der Waals surface area contributed by atoms with Crippen LogP contribution in [0.3, 0.4) is 0 Å². The maximum Gasteiger partial charge on any atom is 0.129 e. The minimum absolute atomic E-state index is 0.237. The molecule has 0 aliphatic heterocycles. The summed E-state index contributed by atoms with van der Waals surface area (Å²) in [5.41, 5.74) is 1.35. The van der Waals surface area contributed by atoms with E-state index in [1.54, 1.807) is 19.2 Å². The molecule has 0 fully saturated rings. The average molecular weight is 405 g/mol. The molecule has 0 aliphatic rings. The van der Waals surface area contributed by atoms with E-state index in [-0.39, 0.29) is 17.7 Å².